The molecule has 0 saturated carbocycles. The number of rotatable bonds is 15. The number of para-hydroxylation sites is 9. The lowest BCUT2D eigenvalue weighted by Gasteiger charge is -2.25. The average molecular weight is 1310 g/mol. The van der Waals surface area contributed by atoms with Crippen LogP contribution in [0.15, 0.2) is 388 Å². The minimum absolute atomic E-state index is 0.626. The third-order valence-electron chi connectivity index (χ3n) is 19.8. The Labute approximate surface area is 590 Å². The van der Waals surface area contributed by atoms with E-state index in [0.717, 1.165) is 129 Å². The van der Waals surface area contributed by atoms with Crippen molar-refractivity contribution in [3.63, 3.8) is 0 Å². The van der Waals surface area contributed by atoms with Crippen LogP contribution in [0.1, 0.15) is 0 Å². The summed E-state index contributed by atoms with van der Waals surface area (Å²) in [6.07, 6.45) is 0. The summed E-state index contributed by atoms with van der Waals surface area (Å²) < 4.78 is 7.18. The van der Waals surface area contributed by atoms with Gasteiger partial charge in [-0.05, 0) is 182 Å². The van der Waals surface area contributed by atoms with Gasteiger partial charge in [0.05, 0.1) is 44.5 Å². The summed E-state index contributed by atoms with van der Waals surface area (Å²) >= 11 is 0. The molecule has 0 amide bonds. The molecule has 0 aliphatic heterocycles. The van der Waals surface area contributed by atoms with E-state index in [-0.39, 0.29) is 0 Å². The highest BCUT2D eigenvalue weighted by molar-refractivity contribution is 6.13. The van der Waals surface area contributed by atoms with Gasteiger partial charge < -0.3 is 28.4 Å². The Bertz CT molecular complexity index is 5530. The highest BCUT2D eigenvalue weighted by Crippen LogP contribution is 2.45. The minimum Gasteiger partial charge on any atom is -0.310 e. The molecule has 0 fully saturated rings. The van der Waals surface area contributed by atoms with Crippen molar-refractivity contribution in [2.24, 2.45) is 0 Å². The molecule has 15 aromatic carbocycles. The van der Waals surface area contributed by atoms with Crippen LogP contribution < -0.4 is 14.7 Å². The summed E-state index contributed by atoms with van der Waals surface area (Å²) in [5.74, 6) is 0.626. The highest BCUT2D eigenvalue weighted by atomic mass is 15.2. The molecule has 0 spiro atoms. The summed E-state index contributed by atoms with van der Waals surface area (Å²) in [6.45, 7) is 0. The van der Waals surface area contributed by atoms with E-state index in [2.05, 4.69) is 417 Å². The number of nitrogens with zero attached hydrogens (tertiary/aromatic N) is 8. The summed E-state index contributed by atoms with van der Waals surface area (Å²) in [6, 6.07) is 139. The second kappa shape index (κ2) is 25.2. The molecular weight excluding hydrogens is 1240 g/mol. The van der Waals surface area contributed by atoms with Crippen molar-refractivity contribution in [2.75, 3.05) is 14.7 Å². The summed E-state index contributed by atoms with van der Waals surface area (Å²) in [5.41, 5.74) is 24.0. The Hall–Kier alpha value is -13.8. The zero-order valence-corrected chi connectivity index (χ0v) is 55.5. The predicted octanol–water partition coefficient (Wildman–Crippen LogP) is 25.2. The zero-order valence-electron chi connectivity index (χ0n) is 55.5. The summed E-state index contributed by atoms with van der Waals surface area (Å²) in [4.78, 5) is 18.0. The van der Waals surface area contributed by atoms with Gasteiger partial charge in [-0.2, -0.15) is 0 Å². The van der Waals surface area contributed by atoms with Gasteiger partial charge in [0.2, 0.25) is 0 Å². The van der Waals surface area contributed by atoms with Crippen LogP contribution in [0.25, 0.3) is 116 Å². The highest BCUT2D eigenvalue weighted by Gasteiger charge is 2.23. The molecule has 19 aromatic rings. The Balaban J connectivity index is 0.737. The number of anilines is 9. The third kappa shape index (κ3) is 10.5. The van der Waals surface area contributed by atoms with Gasteiger partial charge in [-0.15, -0.1) is 0 Å². The largest absolute Gasteiger partial charge is 0.310 e. The van der Waals surface area contributed by atoms with Crippen LogP contribution in [0.2, 0.25) is 0 Å². The van der Waals surface area contributed by atoms with Crippen LogP contribution in [-0.2, 0) is 0 Å². The van der Waals surface area contributed by atoms with Gasteiger partial charge in [0.15, 0.2) is 5.82 Å². The first-order chi connectivity index (χ1) is 50.6. The maximum Gasteiger partial charge on any atom is 0.160 e. The molecule has 102 heavy (non-hydrogen) atoms. The van der Waals surface area contributed by atoms with Gasteiger partial charge in [-0.1, -0.05) is 206 Å². The minimum atomic E-state index is 0.626. The SMILES string of the molecule is c1ccc(N(c2ccccc2)c2ccc3c4ccccc4n(-c4ccc(-c5cc(-c6ccc(-n7c8ccccc8c8ccc(N(c9ccccc9)c9ccccc9)cc87)cc6)nc(-c6ccc(-n7c8ccccc8c8ccc(N(c9ccccc9)c9ccccc9)cc87)cc6)n5)cc4)c3c2)cc1. The van der Waals surface area contributed by atoms with Gasteiger partial charge in [-0.25, -0.2) is 9.97 Å². The number of fused-ring (bicyclic) bond motifs is 9. The van der Waals surface area contributed by atoms with Crippen LogP contribution in [0.5, 0.6) is 0 Å². The number of benzene rings is 15. The van der Waals surface area contributed by atoms with Gasteiger partial charge in [0.25, 0.3) is 0 Å². The van der Waals surface area contributed by atoms with Crippen LogP contribution in [0.4, 0.5) is 51.2 Å². The van der Waals surface area contributed by atoms with E-state index in [0.29, 0.717) is 5.82 Å². The molecule has 8 heteroatoms. The number of hydrogen-bond acceptors (Lipinski definition) is 5. The molecular formula is C94H64N8. The van der Waals surface area contributed by atoms with E-state index >= 15 is 0 Å². The Morgan fingerprint density at radius 3 is 0.686 bits per heavy atom. The fourth-order valence-corrected chi connectivity index (χ4v) is 15.1. The van der Waals surface area contributed by atoms with Crippen LogP contribution in [0, 0.1) is 0 Å². The number of aromatic nitrogens is 5. The zero-order chi connectivity index (χ0) is 67.5. The average Bonchev–Trinajstić information content (AvgIpc) is 1.60. The van der Waals surface area contributed by atoms with Gasteiger partial charge >= 0.3 is 0 Å². The van der Waals surface area contributed by atoms with Crippen LogP contribution in [0.3, 0.4) is 0 Å². The monoisotopic (exact) mass is 1300 g/mol. The lowest BCUT2D eigenvalue weighted by atomic mass is 10.1. The van der Waals surface area contributed by atoms with E-state index in [4.69, 9.17) is 9.97 Å². The molecule has 19 rings (SSSR count). The predicted molar refractivity (Wildman–Crippen MR) is 425 cm³/mol. The normalized spacial score (nSPS) is 11.5. The molecule has 0 bridgehead atoms. The molecule has 4 heterocycles. The molecule has 4 aromatic heterocycles. The van der Waals surface area contributed by atoms with Gasteiger partial charge in [0, 0.05) is 117 Å². The Kier molecular flexibility index (Phi) is 14.7. The molecule has 0 N–H and O–H groups in total. The molecule has 0 unspecified atom stereocenters. The van der Waals surface area contributed by atoms with Crippen molar-refractivity contribution in [1.82, 2.24) is 23.7 Å². The quantitative estimate of drug-likeness (QED) is 0.102. The van der Waals surface area contributed by atoms with Gasteiger partial charge in [0.1, 0.15) is 0 Å². The van der Waals surface area contributed by atoms with Crippen molar-refractivity contribution in [2.45, 2.75) is 0 Å². The molecule has 0 aliphatic carbocycles. The first kappa shape index (κ1) is 59.4. The fraction of sp³-hybridized carbons (Fsp3) is 0. The second-order valence-corrected chi connectivity index (χ2v) is 25.8. The van der Waals surface area contributed by atoms with E-state index in [1.54, 1.807) is 0 Å². The molecule has 0 atom stereocenters. The molecule has 0 saturated heterocycles. The van der Waals surface area contributed by atoms with Crippen molar-refractivity contribution in [3.8, 4) is 51.0 Å². The van der Waals surface area contributed by atoms with Crippen molar-refractivity contribution in [1.29, 1.82) is 0 Å². The first-order valence-corrected chi connectivity index (χ1v) is 34.6. The number of hydrogen-bond donors (Lipinski definition) is 0. The molecule has 480 valence electrons. The van der Waals surface area contributed by atoms with E-state index < -0.39 is 0 Å². The van der Waals surface area contributed by atoms with Crippen molar-refractivity contribution < 1.29 is 0 Å². The Morgan fingerprint density at radius 1 is 0.176 bits per heavy atom. The molecule has 0 radical (unpaired) electrons. The maximum atomic E-state index is 5.51. The lowest BCUT2D eigenvalue weighted by Crippen LogP contribution is -2.09. The van der Waals surface area contributed by atoms with Crippen molar-refractivity contribution >= 4 is 117 Å². The van der Waals surface area contributed by atoms with E-state index in [1.807, 2.05) is 0 Å². The van der Waals surface area contributed by atoms with Crippen LogP contribution in [-0.4, -0.2) is 23.7 Å². The molecule has 8 nitrogen and oxygen atoms in total. The standard InChI is InChI=1S/C94H64N8/c1-7-25-68(26-8-1)97(69-27-9-2-10-28-69)77-55-58-83-80-37-19-22-40-88(80)100(91(83)61-77)74-49-43-65(44-50-74)86-64-87(66-45-51-75(52-46-66)101-89-41-23-20-38-81(89)84-59-56-78(62-92(84)101)98(70-29-11-3-12-30-70)71-31-13-4-14-32-71)96-94(95-86)67-47-53-76(54-48-67)102-90-42-24-21-39-82(90)85-60-57-79(63-93(85)102)99(72-33-15-5-16-34-72)73-35-17-6-18-36-73/h1-64H. The molecule has 0 aliphatic rings. The summed E-state index contributed by atoms with van der Waals surface area (Å²) in [5, 5.41) is 7.12. The Morgan fingerprint density at radius 2 is 0.412 bits per heavy atom. The van der Waals surface area contributed by atoms with Gasteiger partial charge in [-0.3, -0.25) is 0 Å². The lowest BCUT2D eigenvalue weighted by molar-refractivity contribution is 1.15. The maximum absolute atomic E-state index is 5.51. The fourth-order valence-electron chi connectivity index (χ4n) is 15.1. The first-order valence-electron chi connectivity index (χ1n) is 34.6. The third-order valence-corrected chi connectivity index (χ3v) is 19.8. The van der Waals surface area contributed by atoms with E-state index in [1.165, 1.54) is 32.3 Å². The van der Waals surface area contributed by atoms with Crippen molar-refractivity contribution in [3.05, 3.63) is 388 Å². The summed E-state index contributed by atoms with van der Waals surface area (Å²) in [7, 11) is 0. The van der Waals surface area contributed by atoms with E-state index in [9.17, 15) is 0 Å². The second-order valence-electron chi connectivity index (χ2n) is 25.8. The smallest absolute Gasteiger partial charge is 0.160 e. The topological polar surface area (TPSA) is 50.3 Å². The van der Waals surface area contributed by atoms with Crippen LogP contribution >= 0.6 is 0 Å².